The summed E-state index contributed by atoms with van der Waals surface area (Å²) in [5.41, 5.74) is 11.8. The molecule has 0 saturated heterocycles. The molecule has 0 radical (unpaired) electrons. The largest absolute Gasteiger partial charge is 0.390 e. The molecule has 294 valence electrons. The zero-order valence-electron chi connectivity index (χ0n) is 32.2. The van der Waals surface area contributed by atoms with Gasteiger partial charge >= 0.3 is 0 Å². The minimum Gasteiger partial charge on any atom is -0.390 e. The third-order valence-electron chi connectivity index (χ3n) is 10.9. The summed E-state index contributed by atoms with van der Waals surface area (Å²) in [5, 5.41) is 24.7. The number of hydrogen-bond acceptors (Lipinski definition) is 10. The normalized spacial score (nSPS) is 20.2. The molecule has 2 aromatic carbocycles. The predicted molar refractivity (Wildman–Crippen MR) is 205 cm³/mol. The Morgan fingerprint density at radius 3 is 2.22 bits per heavy atom. The molecule has 3 amide bonds. The van der Waals surface area contributed by atoms with Crippen LogP contribution in [0.1, 0.15) is 102 Å². The number of carbonyl (C=O) groups excluding carboxylic acids is 4. The van der Waals surface area contributed by atoms with Gasteiger partial charge in [0.2, 0.25) is 17.7 Å². The number of amides is 3. The second-order valence-corrected chi connectivity index (χ2v) is 18.1. The summed E-state index contributed by atoms with van der Waals surface area (Å²) < 4.78 is 27.9. The Labute approximate surface area is 320 Å². The van der Waals surface area contributed by atoms with Crippen LogP contribution in [0.2, 0.25) is 0 Å². The Morgan fingerprint density at radius 1 is 1.00 bits per heavy atom. The van der Waals surface area contributed by atoms with Crippen molar-refractivity contribution in [1.29, 1.82) is 5.26 Å². The molecule has 0 bridgehead atoms. The number of nitrogens with zero attached hydrogens (tertiary/aromatic N) is 2. The first-order valence-corrected chi connectivity index (χ1v) is 20.8. The number of fused-ring (bicyclic) bond motifs is 1. The number of rotatable bonds is 16. The van der Waals surface area contributed by atoms with Crippen molar-refractivity contribution in [2.45, 2.75) is 121 Å². The molecule has 2 aromatic rings. The third-order valence-corrected chi connectivity index (χ3v) is 12.7. The zero-order valence-corrected chi connectivity index (χ0v) is 33.0. The summed E-state index contributed by atoms with van der Waals surface area (Å²) in [5.74, 6) is -6.86. The highest BCUT2D eigenvalue weighted by atomic mass is 32.2. The first-order chi connectivity index (χ1) is 25.4. The molecule has 1 heterocycles. The van der Waals surface area contributed by atoms with Crippen LogP contribution in [-0.4, -0.2) is 78.0 Å². The Balaban J connectivity index is 2.01. The summed E-state index contributed by atoms with van der Waals surface area (Å²) in [6.07, 6.45) is 2.51. The number of aliphatic hydroxyl groups is 1. The molecular formula is C41H57N5O7S. The van der Waals surface area contributed by atoms with E-state index in [1.165, 1.54) is 18.2 Å². The lowest BCUT2D eigenvalue weighted by molar-refractivity contribution is -0.164. The lowest BCUT2D eigenvalue weighted by atomic mass is 9.65. The van der Waals surface area contributed by atoms with Crippen LogP contribution in [0.4, 0.5) is 0 Å². The lowest BCUT2D eigenvalue weighted by Gasteiger charge is -2.49. The van der Waals surface area contributed by atoms with E-state index in [1.54, 1.807) is 38.1 Å². The number of nitriles is 1. The van der Waals surface area contributed by atoms with Crippen LogP contribution in [0.5, 0.6) is 0 Å². The maximum Gasteiger partial charge on any atom is 0.247 e. The van der Waals surface area contributed by atoms with Gasteiger partial charge in [-0.1, -0.05) is 90.1 Å². The average Bonchev–Trinajstić information content (AvgIpc) is 3.41. The van der Waals surface area contributed by atoms with Gasteiger partial charge in [0.15, 0.2) is 15.6 Å². The van der Waals surface area contributed by atoms with Gasteiger partial charge in [-0.3, -0.25) is 24.1 Å². The smallest absolute Gasteiger partial charge is 0.247 e. The number of carbonyl (C=O) groups is 4. The number of ketones is 1. The van der Waals surface area contributed by atoms with E-state index in [9.17, 15) is 33.2 Å². The number of Topliss-reactive ketones (excluding diaryl/α,β-unsaturated/α-hetero) is 1. The Kier molecular flexibility index (Phi) is 14.4. The standard InChI is InChI=1S/C41H57N5O7S/c1-25(2)21-41(33-24-54(52,53)35-17-16-30(22-42)19-31(33)35,46(27(5)47)40(51)34(43)20-29-14-10-7-11-15-29)38(49)32(18-28-12-8-6-9-13-28)37(48)36(44)39(50)45-23-26(3)4/h7,10-11,14-17,19,25-26,28,32-34,36-37,48H,6,8-9,12-13,18,20-21,23-24,43-44H2,1-5H3,(H,45,50)/t32-,33-,34-,36?,37?,41-/m0/s1. The van der Waals surface area contributed by atoms with Crippen LogP contribution in [-0.2, 0) is 35.4 Å². The van der Waals surface area contributed by atoms with Crippen LogP contribution < -0.4 is 16.8 Å². The highest BCUT2D eigenvalue weighted by Crippen LogP contribution is 2.50. The molecule has 0 aromatic heterocycles. The van der Waals surface area contributed by atoms with Gasteiger partial charge in [-0.25, -0.2) is 8.42 Å². The molecule has 13 heteroatoms. The number of nitrogens with one attached hydrogen (secondary N) is 1. The van der Waals surface area contributed by atoms with Gasteiger partial charge in [0.25, 0.3) is 0 Å². The van der Waals surface area contributed by atoms with Gasteiger partial charge in [0, 0.05) is 25.3 Å². The quantitative estimate of drug-likeness (QED) is 0.194. The number of imide groups is 1. The van der Waals surface area contributed by atoms with E-state index in [4.69, 9.17) is 11.5 Å². The van der Waals surface area contributed by atoms with Gasteiger partial charge in [0.1, 0.15) is 11.6 Å². The maximum atomic E-state index is 16.0. The second-order valence-electron chi connectivity index (χ2n) is 16.1. The predicted octanol–water partition coefficient (Wildman–Crippen LogP) is 3.78. The maximum absolute atomic E-state index is 16.0. The van der Waals surface area contributed by atoms with E-state index in [-0.39, 0.29) is 53.7 Å². The van der Waals surface area contributed by atoms with Crippen molar-refractivity contribution in [2.24, 2.45) is 35.1 Å². The van der Waals surface area contributed by atoms with E-state index in [1.807, 2.05) is 26.0 Å². The average molecular weight is 764 g/mol. The molecule has 12 nitrogen and oxygen atoms in total. The van der Waals surface area contributed by atoms with Crippen molar-refractivity contribution in [3.63, 3.8) is 0 Å². The molecule has 0 spiro atoms. The summed E-state index contributed by atoms with van der Waals surface area (Å²) in [6, 6.07) is 12.2. The highest BCUT2D eigenvalue weighted by molar-refractivity contribution is 7.91. The minimum atomic E-state index is -4.10. The van der Waals surface area contributed by atoms with Gasteiger partial charge < -0.3 is 21.9 Å². The molecule has 2 aliphatic rings. The Morgan fingerprint density at radius 2 is 1.65 bits per heavy atom. The van der Waals surface area contributed by atoms with Gasteiger partial charge in [-0.15, -0.1) is 0 Å². The molecule has 1 fully saturated rings. The minimum absolute atomic E-state index is 0.0164. The van der Waals surface area contributed by atoms with E-state index in [0.717, 1.165) is 43.9 Å². The summed E-state index contributed by atoms with van der Waals surface area (Å²) in [7, 11) is -4.10. The zero-order chi connectivity index (χ0) is 40.0. The summed E-state index contributed by atoms with van der Waals surface area (Å²) >= 11 is 0. The number of aliphatic hydroxyl groups excluding tert-OH is 1. The van der Waals surface area contributed by atoms with Crippen LogP contribution in [0, 0.1) is 35.0 Å². The summed E-state index contributed by atoms with van der Waals surface area (Å²) in [4.78, 5) is 59.1. The lowest BCUT2D eigenvalue weighted by Crippen LogP contribution is -2.68. The molecule has 6 N–H and O–H groups in total. The summed E-state index contributed by atoms with van der Waals surface area (Å²) in [6.45, 7) is 8.81. The fourth-order valence-corrected chi connectivity index (χ4v) is 10.4. The molecule has 6 atom stereocenters. The SMILES string of the molecule is CC(=O)N(C(=O)[C@@H](N)Cc1ccccc1)[C@](CC(C)C)(C(=O)[C@@H](CC1CCCCC1)C(O)C(N)C(=O)NCC(C)C)[C@H]1CS(=O)(=O)c2ccc(C#N)cc21. The van der Waals surface area contributed by atoms with Crippen molar-refractivity contribution in [1.82, 2.24) is 10.2 Å². The molecule has 4 rings (SSSR count). The van der Waals surface area contributed by atoms with Gasteiger partial charge in [-0.2, -0.15) is 5.26 Å². The first-order valence-electron chi connectivity index (χ1n) is 19.1. The fraction of sp³-hybridized carbons (Fsp3) is 0.585. The van der Waals surface area contributed by atoms with Gasteiger partial charge in [-0.05, 0) is 66.3 Å². The number of nitrogens with two attached hydrogens (primary N) is 2. The first kappa shape index (κ1) is 42.8. The highest BCUT2D eigenvalue weighted by Gasteiger charge is 2.61. The molecule has 1 saturated carbocycles. The molecule has 1 aliphatic heterocycles. The van der Waals surface area contributed by atoms with Crippen molar-refractivity contribution >= 4 is 33.3 Å². The van der Waals surface area contributed by atoms with Crippen molar-refractivity contribution < 1.29 is 32.7 Å². The Bertz CT molecular complexity index is 1820. The number of benzene rings is 2. The van der Waals surface area contributed by atoms with Gasteiger partial charge in [0.05, 0.1) is 34.4 Å². The monoisotopic (exact) mass is 763 g/mol. The van der Waals surface area contributed by atoms with Crippen LogP contribution >= 0.6 is 0 Å². The molecule has 1 aliphatic carbocycles. The van der Waals surface area contributed by atoms with E-state index in [0.29, 0.717) is 5.56 Å². The number of hydrogen-bond donors (Lipinski definition) is 4. The van der Waals surface area contributed by atoms with E-state index in [2.05, 4.69) is 5.32 Å². The Hall–Kier alpha value is -3.96. The van der Waals surface area contributed by atoms with Crippen LogP contribution in [0.15, 0.2) is 53.4 Å². The molecular weight excluding hydrogens is 707 g/mol. The fourth-order valence-electron chi connectivity index (χ4n) is 8.45. The van der Waals surface area contributed by atoms with Crippen molar-refractivity contribution in [3.8, 4) is 6.07 Å². The second kappa shape index (κ2) is 18.1. The van der Waals surface area contributed by atoms with Crippen LogP contribution in [0.25, 0.3) is 0 Å². The van der Waals surface area contributed by atoms with E-state index < -0.39 is 80.6 Å². The molecule has 54 heavy (non-hydrogen) atoms. The molecule has 2 unspecified atom stereocenters. The third kappa shape index (κ3) is 9.45. The number of sulfone groups is 1. The van der Waals surface area contributed by atoms with Crippen molar-refractivity contribution in [2.75, 3.05) is 12.3 Å². The van der Waals surface area contributed by atoms with E-state index >= 15 is 4.79 Å². The van der Waals surface area contributed by atoms with Crippen LogP contribution in [0.3, 0.4) is 0 Å². The van der Waals surface area contributed by atoms with Crippen molar-refractivity contribution in [3.05, 3.63) is 65.2 Å². The topological polar surface area (TPSA) is 214 Å².